The summed E-state index contributed by atoms with van der Waals surface area (Å²) in [6.45, 7) is 0. The molecule has 1 aromatic heterocycles. The summed E-state index contributed by atoms with van der Waals surface area (Å²) >= 11 is 14.7. The van der Waals surface area contributed by atoms with Gasteiger partial charge in [0.2, 0.25) is 5.13 Å². The molecular formula is C28H19Cl2N3O3S2. The van der Waals surface area contributed by atoms with Gasteiger partial charge in [-0.3, -0.25) is 14.5 Å². The summed E-state index contributed by atoms with van der Waals surface area (Å²) in [6.07, 6.45) is 3.00. The van der Waals surface area contributed by atoms with Crippen LogP contribution in [0, 0.1) is 0 Å². The third kappa shape index (κ3) is 5.68. The minimum absolute atomic E-state index is 0.0323. The van der Waals surface area contributed by atoms with Crippen molar-refractivity contribution in [1.29, 1.82) is 0 Å². The second-order valence-electron chi connectivity index (χ2n) is 8.27. The molecule has 3 aromatic carbocycles. The lowest BCUT2D eigenvalue weighted by atomic mass is 9.96. The zero-order valence-electron chi connectivity index (χ0n) is 19.6. The predicted octanol–water partition coefficient (Wildman–Crippen LogP) is 7.32. The summed E-state index contributed by atoms with van der Waals surface area (Å²) in [7, 11) is 0. The van der Waals surface area contributed by atoms with Gasteiger partial charge >= 0.3 is 0 Å². The van der Waals surface area contributed by atoms with Crippen LogP contribution < -0.4 is 4.90 Å². The average Bonchev–Trinajstić information content (AvgIpc) is 3.50. The summed E-state index contributed by atoms with van der Waals surface area (Å²) in [5, 5.41) is 20.8. The van der Waals surface area contributed by atoms with Crippen molar-refractivity contribution in [2.45, 2.75) is 16.1 Å². The molecule has 0 radical (unpaired) electrons. The Morgan fingerprint density at radius 1 is 0.974 bits per heavy atom. The van der Waals surface area contributed by atoms with E-state index in [4.69, 9.17) is 23.2 Å². The van der Waals surface area contributed by atoms with Crippen LogP contribution in [0.2, 0.25) is 10.0 Å². The van der Waals surface area contributed by atoms with Gasteiger partial charge in [-0.2, -0.15) is 0 Å². The number of allylic oxidation sites excluding steroid dienone is 1. The van der Waals surface area contributed by atoms with Crippen LogP contribution >= 0.6 is 46.3 Å². The number of carbonyl (C=O) groups excluding carboxylic acids is 2. The van der Waals surface area contributed by atoms with Gasteiger partial charge in [0.05, 0.1) is 11.6 Å². The van der Waals surface area contributed by atoms with Crippen molar-refractivity contribution in [3.8, 4) is 0 Å². The van der Waals surface area contributed by atoms with E-state index in [1.165, 1.54) is 34.1 Å². The predicted molar refractivity (Wildman–Crippen MR) is 153 cm³/mol. The van der Waals surface area contributed by atoms with Crippen LogP contribution in [0.1, 0.15) is 22.7 Å². The topological polar surface area (TPSA) is 83.4 Å². The maximum atomic E-state index is 13.3. The van der Waals surface area contributed by atoms with Gasteiger partial charge in [0, 0.05) is 15.8 Å². The fourth-order valence-electron chi connectivity index (χ4n) is 3.92. The van der Waals surface area contributed by atoms with Gasteiger partial charge in [0.25, 0.3) is 5.91 Å². The molecule has 5 rings (SSSR count). The van der Waals surface area contributed by atoms with E-state index < -0.39 is 23.5 Å². The second kappa shape index (κ2) is 11.5. The SMILES string of the molecule is O=C(C=Cc1ccccc1)C1=C(O)C(=O)N(c2nnc(SCc3ccc(Cl)cc3)s2)C1c1ccc(Cl)cc1. The maximum absolute atomic E-state index is 13.3. The average molecular weight is 581 g/mol. The molecule has 4 aromatic rings. The summed E-state index contributed by atoms with van der Waals surface area (Å²) in [5.41, 5.74) is 2.45. The first kappa shape index (κ1) is 26.2. The zero-order valence-corrected chi connectivity index (χ0v) is 22.8. The Labute approximate surface area is 237 Å². The molecule has 0 fully saturated rings. The number of thioether (sulfide) groups is 1. The summed E-state index contributed by atoms with van der Waals surface area (Å²) in [6, 6.07) is 22.7. The number of amides is 1. The molecule has 0 saturated heterocycles. The molecule has 1 aliphatic rings. The molecule has 1 atom stereocenters. The van der Waals surface area contributed by atoms with E-state index in [1.54, 1.807) is 30.3 Å². The van der Waals surface area contributed by atoms with Crippen molar-refractivity contribution in [2.75, 3.05) is 4.90 Å². The van der Waals surface area contributed by atoms with Crippen LogP contribution in [0.25, 0.3) is 6.08 Å². The molecular weight excluding hydrogens is 561 g/mol. The normalized spacial score (nSPS) is 15.6. The quantitative estimate of drug-likeness (QED) is 0.134. The number of hydrogen-bond donors (Lipinski definition) is 1. The largest absolute Gasteiger partial charge is 0.503 e. The Hall–Kier alpha value is -3.43. The highest BCUT2D eigenvalue weighted by Gasteiger charge is 2.45. The molecule has 0 saturated carbocycles. The number of hydrogen-bond acceptors (Lipinski definition) is 7. The van der Waals surface area contributed by atoms with Gasteiger partial charge < -0.3 is 5.11 Å². The number of rotatable bonds is 8. The van der Waals surface area contributed by atoms with Gasteiger partial charge in [0.1, 0.15) is 0 Å². The summed E-state index contributed by atoms with van der Waals surface area (Å²) < 4.78 is 0.640. The Bertz CT molecular complexity index is 1540. The molecule has 38 heavy (non-hydrogen) atoms. The number of ketones is 1. The maximum Gasteiger partial charge on any atom is 0.296 e. The van der Waals surface area contributed by atoms with Crippen molar-refractivity contribution in [3.05, 3.63) is 123 Å². The zero-order chi connectivity index (χ0) is 26.6. The molecule has 1 amide bonds. The minimum atomic E-state index is -0.894. The lowest BCUT2D eigenvalue weighted by molar-refractivity contribution is -0.117. The standard InChI is InChI=1S/C28H19Cl2N3O3S2/c29-20-11-6-18(7-12-20)16-37-28-32-31-27(38-28)33-24(19-9-13-21(30)14-10-19)23(25(35)26(33)36)22(34)15-8-17-4-2-1-3-5-17/h1-15,24,35H,16H2. The van der Waals surface area contributed by atoms with Crippen LogP contribution in [0.15, 0.2) is 101 Å². The lowest BCUT2D eigenvalue weighted by Gasteiger charge is -2.23. The minimum Gasteiger partial charge on any atom is -0.503 e. The van der Waals surface area contributed by atoms with Gasteiger partial charge in [-0.25, -0.2) is 0 Å². The Kier molecular flexibility index (Phi) is 7.95. The molecule has 0 aliphatic carbocycles. The number of anilines is 1. The van der Waals surface area contributed by atoms with Crippen LogP contribution in [0.5, 0.6) is 0 Å². The van der Waals surface area contributed by atoms with Crippen molar-refractivity contribution in [1.82, 2.24) is 10.2 Å². The van der Waals surface area contributed by atoms with Crippen molar-refractivity contribution in [2.24, 2.45) is 0 Å². The van der Waals surface area contributed by atoms with Gasteiger partial charge in [0.15, 0.2) is 15.9 Å². The number of aliphatic hydroxyl groups excluding tert-OH is 1. The monoisotopic (exact) mass is 579 g/mol. The van der Waals surface area contributed by atoms with E-state index in [-0.39, 0.29) is 10.7 Å². The highest BCUT2D eigenvalue weighted by atomic mass is 35.5. The highest BCUT2D eigenvalue weighted by molar-refractivity contribution is 8.00. The molecule has 10 heteroatoms. The van der Waals surface area contributed by atoms with Crippen LogP contribution in [-0.4, -0.2) is 27.0 Å². The Morgan fingerprint density at radius 3 is 2.32 bits per heavy atom. The number of nitrogens with zero attached hydrogens (tertiary/aromatic N) is 3. The summed E-state index contributed by atoms with van der Waals surface area (Å²) in [4.78, 5) is 27.9. The molecule has 1 aliphatic heterocycles. The van der Waals surface area contributed by atoms with Crippen LogP contribution in [-0.2, 0) is 15.3 Å². The fraction of sp³-hybridized carbons (Fsp3) is 0.0714. The summed E-state index contributed by atoms with van der Waals surface area (Å²) in [5.74, 6) is -1.17. The van der Waals surface area contributed by atoms with Gasteiger partial charge in [-0.05, 0) is 47.0 Å². The molecule has 2 heterocycles. The van der Waals surface area contributed by atoms with Crippen LogP contribution in [0.3, 0.4) is 0 Å². The van der Waals surface area contributed by atoms with Crippen LogP contribution in [0.4, 0.5) is 5.13 Å². The number of carbonyl (C=O) groups is 2. The van der Waals surface area contributed by atoms with Crippen molar-refractivity contribution in [3.63, 3.8) is 0 Å². The number of aromatic nitrogens is 2. The molecule has 1 N–H and O–H groups in total. The smallest absolute Gasteiger partial charge is 0.296 e. The number of aliphatic hydroxyl groups is 1. The van der Waals surface area contributed by atoms with Gasteiger partial charge in [-0.1, -0.05) is 107 Å². The third-order valence-corrected chi connectivity index (χ3v) is 8.39. The molecule has 6 nitrogen and oxygen atoms in total. The van der Waals surface area contributed by atoms with Gasteiger partial charge in [-0.15, -0.1) is 10.2 Å². The third-order valence-electron chi connectivity index (χ3n) is 5.76. The Morgan fingerprint density at radius 2 is 1.63 bits per heavy atom. The first-order valence-electron chi connectivity index (χ1n) is 11.4. The molecule has 1 unspecified atom stereocenters. The number of benzene rings is 3. The van der Waals surface area contributed by atoms with E-state index in [0.717, 1.165) is 11.1 Å². The number of halogens is 2. The first-order valence-corrected chi connectivity index (χ1v) is 14.0. The van der Waals surface area contributed by atoms with Crippen molar-refractivity contribution >= 4 is 69.2 Å². The molecule has 190 valence electrons. The Balaban J connectivity index is 1.45. The second-order valence-corrected chi connectivity index (χ2v) is 11.3. The van der Waals surface area contributed by atoms with E-state index in [9.17, 15) is 14.7 Å². The molecule has 0 bridgehead atoms. The highest BCUT2D eigenvalue weighted by Crippen LogP contribution is 2.43. The van der Waals surface area contributed by atoms with E-state index >= 15 is 0 Å². The molecule has 0 spiro atoms. The van der Waals surface area contributed by atoms with E-state index in [0.29, 0.717) is 25.7 Å². The van der Waals surface area contributed by atoms with Crippen molar-refractivity contribution < 1.29 is 14.7 Å². The first-order chi connectivity index (χ1) is 18.4. The van der Waals surface area contributed by atoms with E-state index in [1.807, 2.05) is 54.6 Å². The lowest BCUT2D eigenvalue weighted by Crippen LogP contribution is -2.30. The van der Waals surface area contributed by atoms with E-state index in [2.05, 4.69) is 10.2 Å². The fourth-order valence-corrected chi connectivity index (χ4v) is 6.00.